The number of benzene rings is 2. The van der Waals surface area contributed by atoms with Gasteiger partial charge in [-0.1, -0.05) is 73.7 Å². The van der Waals surface area contributed by atoms with Crippen molar-refractivity contribution in [3.05, 3.63) is 84.4 Å². The molecular formula is C24H29NO3. The number of hydrogen-bond donors (Lipinski definition) is 0. The number of likely N-dealkylation sites (tertiary alicyclic amines) is 1. The number of amides is 1. The molecule has 148 valence electrons. The lowest BCUT2D eigenvalue weighted by molar-refractivity contribution is -0.00167. The van der Waals surface area contributed by atoms with Crippen molar-refractivity contribution in [2.24, 2.45) is 5.92 Å². The molecule has 2 aromatic carbocycles. The van der Waals surface area contributed by atoms with E-state index in [0.717, 1.165) is 11.1 Å². The van der Waals surface area contributed by atoms with Gasteiger partial charge >= 0.3 is 6.09 Å². The molecule has 3 rings (SSSR count). The largest absolute Gasteiger partial charge is 0.445 e. The maximum Gasteiger partial charge on any atom is 0.410 e. The summed E-state index contributed by atoms with van der Waals surface area (Å²) in [4.78, 5) is 14.7. The van der Waals surface area contributed by atoms with E-state index in [9.17, 15) is 4.79 Å². The number of ether oxygens (including phenoxy) is 2. The summed E-state index contributed by atoms with van der Waals surface area (Å²) < 4.78 is 11.9. The molecule has 0 radical (unpaired) electrons. The molecule has 1 fully saturated rings. The fourth-order valence-electron chi connectivity index (χ4n) is 3.88. The third-order valence-corrected chi connectivity index (χ3v) is 5.56. The molecule has 0 spiro atoms. The highest BCUT2D eigenvalue weighted by atomic mass is 16.6. The van der Waals surface area contributed by atoms with Gasteiger partial charge in [-0.05, 0) is 24.5 Å². The fraction of sp³-hybridized carbons (Fsp3) is 0.375. The van der Waals surface area contributed by atoms with Gasteiger partial charge in [0.2, 0.25) is 0 Å². The molecule has 4 atom stereocenters. The fourth-order valence-corrected chi connectivity index (χ4v) is 3.88. The van der Waals surface area contributed by atoms with E-state index in [1.165, 1.54) is 0 Å². The van der Waals surface area contributed by atoms with E-state index in [1.54, 1.807) is 0 Å². The lowest BCUT2D eigenvalue weighted by Crippen LogP contribution is -2.43. The van der Waals surface area contributed by atoms with Crippen LogP contribution in [0.4, 0.5) is 4.79 Å². The smallest absolute Gasteiger partial charge is 0.410 e. The van der Waals surface area contributed by atoms with Crippen LogP contribution in [-0.2, 0) is 22.7 Å². The molecule has 0 bridgehead atoms. The van der Waals surface area contributed by atoms with Crippen LogP contribution in [0.15, 0.2) is 73.3 Å². The van der Waals surface area contributed by atoms with Crippen molar-refractivity contribution < 1.29 is 14.3 Å². The Hall–Kier alpha value is -2.59. The summed E-state index contributed by atoms with van der Waals surface area (Å²) in [5, 5.41) is 0. The van der Waals surface area contributed by atoms with Crippen LogP contribution in [0.1, 0.15) is 31.4 Å². The maximum atomic E-state index is 12.9. The first kappa shape index (κ1) is 20.2. The van der Waals surface area contributed by atoms with Gasteiger partial charge in [0.1, 0.15) is 6.61 Å². The van der Waals surface area contributed by atoms with Crippen molar-refractivity contribution in [1.82, 2.24) is 4.90 Å². The molecule has 1 aliphatic rings. The Morgan fingerprint density at radius 3 is 2.14 bits per heavy atom. The van der Waals surface area contributed by atoms with Crippen molar-refractivity contribution in [1.29, 1.82) is 0 Å². The highest BCUT2D eigenvalue weighted by Gasteiger charge is 2.47. The zero-order valence-corrected chi connectivity index (χ0v) is 16.7. The van der Waals surface area contributed by atoms with Crippen LogP contribution in [0.3, 0.4) is 0 Å². The Kier molecular flexibility index (Phi) is 6.88. The second-order valence-electron chi connectivity index (χ2n) is 7.40. The second-order valence-corrected chi connectivity index (χ2v) is 7.40. The first-order chi connectivity index (χ1) is 13.6. The van der Waals surface area contributed by atoms with E-state index in [4.69, 9.17) is 9.47 Å². The van der Waals surface area contributed by atoms with Crippen molar-refractivity contribution in [3.8, 4) is 0 Å². The number of carbonyl (C=O) groups excluding carboxylic acids is 1. The third-order valence-electron chi connectivity index (χ3n) is 5.56. The molecule has 4 nitrogen and oxygen atoms in total. The SMILES string of the molecule is C=CC[C@@H]1[C@H](OCc2ccccc2)[C@@H](C)[C@H](C)N1C(=O)OCc1ccccc1. The summed E-state index contributed by atoms with van der Waals surface area (Å²) in [6.45, 7) is 8.89. The minimum atomic E-state index is -0.291. The molecule has 0 aromatic heterocycles. The van der Waals surface area contributed by atoms with Crippen molar-refractivity contribution in [3.63, 3.8) is 0 Å². The highest BCUT2D eigenvalue weighted by molar-refractivity contribution is 5.69. The van der Waals surface area contributed by atoms with E-state index in [-0.39, 0.29) is 36.8 Å². The summed E-state index contributed by atoms with van der Waals surface area (Å²) in [6, 6.07) is 19.8. The maximum absolute atomic E-state index is 12.9. The number of nitrogens with zero attached hydrogens (tertiary/aromatic N) is 1. The molecule has 0 saturated carbocycles. The summed E-state index contributed by atoms with van der Waals surface area (Å²) in [5.41, 5.74) is 2.11. The minimum Gasteiger partial charge on any atom is -0.445 e. The molecule has 1 saturated heterocycles. The molecular weight excluding hydrogens is 350 g/mol. The summed E-state index contributed by atoms with van der Waals surface area (Å²) in [6.07, 6.45) is 2.18. The number of rotatable bonds is 7. The Morgan fingerprint density at radius 2 is 1.57 bits per heavy atom. The molecule has 2 aromatic rings. The van der Waals surface area contributed by atoms with E-state index in [0.29, 0.717) is 13.0 Å². The van der Waals surface area contributed by atoms with E-state index >= 15 is 0 Å². The zero-order valence-electron chi connectivity index (χ0n) is 16.7. The topological polar surface area (TPSA) is 38.8 Å². The lowest BCUT2D eigenvalue weighted by Gasteiger charge is -2.29. The molecule has 0 unspecified atom stereocenters. The summed E-state index contributed by atoms with van der Waals surface area (Å²) in [7, 11) is 0. The Bertz CT molecular complexity index is 762. The molecule has 1 aliphatic heterocycles. The van der Waals surface area contributed by atoms with Crippen LogP contribution in [0.5, 0.6) is 0 Å². The Labute approximate surface area is 167 Å². The van der Waals surface area contributed by atoms with Gasteiger partial charge in [-0.3, -0.25) is 4.90 Å². The van der Waals surface area contributed by atoms with Gasteiger partial charge in [-0.25, -0.2) is 4.79 Å². The van der Waals surface area contributed by atoms with Crippen molar-refractivity contribution in [2.75, 3.05) is 0 Å². The molecule has 28 heavy (non-hydrogen) atoms. The molecule has 4 heteroatoms. The van der Waals surface area contributed by atoms with Crippen LogP contribution in [0.2, 0.25) is 0 Å². The van der Waals surface area contributed by atoms with Gasteiger partial charge in [0.05, 0.1) is 18.8 Å². The van der Waals surface area contributed by atoms with Crippen molar-refractivity contribution >= 4 is 6.09 Å². The van der Waals surface area contributed by atoms with Gasteiger partial charge < -0.3 is 9.47 Å². The average Bonchev–Trinajstić information content (AvgIpc) is 2.96. The normalized spacial score (nSPS) is 24.1. The van der Waals surface area contributed by atoms with Gasteiger partial charge in [0, 0.05) is 12.0 Å². The van der Waals surface area contributed by atoms with Crippen LogP contribution >= 0.6 is 0 Å². The summed E-state index contributed by atoms with van der Waals surface area (Å²) in [5.74, 6) is 0.206. The molecule has 0 aliphatic carbocycles. The first-order valence-electron chi connectivity index (χ1n) is 9.87. The predicted octanol–water partition coefficient (Wildman–Crippen LogP) is 5.19. The average molecular weight is 380 g/mol. The third kappa shape index (κ3) is 4.63. The van der Waals surface area contributed by atoms with Crippen LogP contribution in [0.25, 0.3) is 0 Å². The van der Waals surface area contributed by atoms with E-state index in [1.807, 2.05) is 59.5 Å². The second kappa shape index (κ2) is 9.56. The molecule has 0 N–H and O–H groups in total. The monoisotopic (exact) mass is 379 g/mol. The summed E-state index contributed by atoms with van der Waals surface area (Å²) >= 11 is 0. The Morgan fingerprint density at radius 1 is 1.00 bits per heavy atom. The first-order valence-corrected chi connectivity index (χ1v) is 9.87. The van der Waals surface area contributed by atoms with Gasteiger partial charge in [-0.2, -0.15) is 0 Å². The predicted molar refractivity (Wildman–Crippen MR) is 111 cm³/mol. The zero-order chi connectivity index (χ0) is 19.9. The lowest BCUT2D eigenvalue weighted by atomic mass is 9.97. The molecule has 1 heterocycles. The van der Waals surface area contributed by atoms with Gasteiger partial charge in [0.15, 0.2) is 0 Å². The number of hydrogen-bond acceptors (Lipinski definition) is 3. The van der Waals surface area contributed by atoms with E-state index in [2.05, 4.69) is 32.6 Å². The standard InChI is InChI=1S/C24H29NO3/c1-4-11-22-23(27-16-20-12-7-5-8-13-20)18(2)19(3)25(22)24(26)28-17-21-14-9-6-10-15-21/h4-10,12-15,18-19,22-23H,1,11,16-17H2,2-3H3/t18-,19-,22+,23+/m0/s1. The van der Waals surface area contributed by atoms with Crippen LogP contribution in [-0.4, -0.2) is 29.2 Å². The van der Waals surface area contributed by atoms with Crippen molar-refractivity contribution in [2.45, 2.75) is 51.7 Å². The Balaban J connectivity index is 1.68. The van der Waals surface area contributed by atoms with Gasteiger partial charge in [-0.15, -0.1) is 6.58 Å². The van der Waals surface area contributed by atoms with Crippen LogP contribution < -0.4 is 0 Å². The molecule has 1 amide bonds. The number of carbonyl (C=O) groups is 1. The minimum absolute atomic E-state index is 0.0361. The highest BCUT2D eigenvalue weighted by Crippen LogP contribution is 2.35. The van der Waals surface area contributed by atoms with Crippen LogP contribution in [0, 0.1) is 5.92 Å². The quantitative estimate of drug-likeness (QED) is 0.621. The van der Waals surface area contributed by atoms with Gasteiger partial charge in [0.25, 0.3) is 0 Å². The van der Waals surface area contributed by atoms with E-state index < -0.39 is 0 Å².